The van der Waals surface area contributed by atoms with Crippen molar-refractivity contribution in [1.29, 1.82) is 0 Å². The van der Waals surface area contributed by atoms with Gasteiger partial charge in [-0.2, -0.15) is 0 Å². The first-order valence-corrected chi connectivity index (χ1v) is 9.31. The Morgan fingerprint density at radius 1 is 0.952 bits per heavy atom. The van der Waals surface area contributed by atoms with E-state index in [1.54, 1.807) is 0 Å². The molecular formula is C19H31NO. The molecule has 4 saturated carbocycles. The van der Waals surface area contributed by atoms with E-state index in [2.05, 4.69) is 19.0 Å². The lowest BCUT2D eigenvalue weighted by atomic mass is 9.45. The summed E-state index contributed by atoms with van der Waals surface area (Å²) < 4.78 is 0. The van der Waals surface area contributed by atoms with Crippen LogP contribution in [0, 0.1) is 34.5 Å². The molecule has 0 radical (unpaired) electrons. The molecule has 118 valence electrons. The highest BCUT2D eigenvalue weighted by atomic mass is 16.4. The van der Waals surface area contributed by atoms with Crippen LogP contribution in [0.2, 0.25) is 0 Å². The minimum atomic E-state index is 0.216. The lowest BCUT2D eigenvalue weighted by molar-refractivity contribution is -0.0938. The van der Waals surface area contributed by atoms with Crippen LogP contribution in [0.1, 0.15) is 78.1 Å². The fourth-order valence-electron chi connectivity index (χ4n) is 7.25. The first-order chi connectivity index (χ1) is 10.1. The molecule has 0 heterocycles. The van der Waals surface area contributed by atoms with Gasteiger partial charge in [0.2, 0.25) is 0 Å². The molecular weight excluding hydrogens is 258 g/mol. The maximum atomic E-state index is 9.39. The molecule has 6 atom stereocenters. The largest absolute Gasteiger partial charge is 0.411 e. The Kier molecular flexibility index (Phi) is 3.17. The van der Waals surface area contributed by atoms with Crippen molar-refractivity contribution in [2.45, 2.75) is 78.1 Å². The summed E-state index contributed by atoms with van der Waals surface area (Å²) in [5, 5.41) is 13.1. The number of oxime groups is 1. The summed E-state index contributed by atoms with van der Waals surface area (Å²) in [6, 6.07) is 0. The SMILES string of the molecule is C[C@]12CCCCC1CC[C@@H]1[C@@H]2CC[C@]2(C)/C(=N/O)CC[C@@H]12. The van der Waals surface area contributed by atoms with E-state index in [1.165, 1.54) is 57.8 Å². The highest BCUT2D eigenvalue weighted by molar-refractivity contribution is 5.91. The van der Waals surface area contributed by atoms with E-state index >= 15 is 0 Å². The highest BCUT2D eigenvalue weighted by Gasteiger charge is 2.59. The summed E-state index contributed by atoms with van der Waals surface area (Å²) in [7, 11) is 0. The molecule has 0 amide bonds. The van der Waals surface area contributed by atoms with Crippen LogP contribution < -0.4 is 0 Å². The van der Waals surface area contributed by atoms with Crippen molar-refractivity contribution in [3.63, 3.8) is 0 Å². The second-order valence-electron chi connectivity index (χ2n) is 8.94. The average Bonchev–Trinajstić information content (AvgIpc) is 2.83. The molecule has 0 aromatic rings. The second kappa shape index (κ2) is 4.73. The number of rotatable bonds is 0. The van der Waals surface area contributed by atoms with Gasteiger partial charge < -0.3 is 5.21 Å². The molecule has 0 saturated heterocycles. The third-order valence-electron chi connectivity index (χ3n) is 8.44. The molecule has 0 aromatic carbocycles. The van der Waals surface area contributed by atoms with Gasteiger partial charge in [-0.05, 0) is 80.5 Å². The first kappa shape index (κ1) is 14.1. The molecule has 0 bridgehead atoms. The standard InChI is InChI=1S/C19H31NO/c1-18-11-4-3-5-13(18)6-7-14-15-8-9-17(20-21)19(15,2)12-10-16(14)18/h13-16,21H,3-12H2,1-2H3/b20-17+/t13?,14-,15-,16-,18-,19-/m0/s1. The fraction of sp³-hybridized carbons (Fsp3) is 0.947. The fourth-order valence-corrected chi connectivity index (χ4v) is 7.25. The Hall–Kier alpha value is -0.530. The van der Waals surface area contributed by atoms with Crippen LogP contribution in [0.5, 0.6) is 0 Å². The Morgan fingerprint density at radius 2 is 1.81 bits per heavy atom. The summed E-state index contributed by atoms with van der Waals surface area (Å²) in [6.07, 6.45) is 13.8. The Bertz CT molecular complexity index is 458. The number of hydrogen-bond donors (Lipinski definition) is 1. The zero-order chi connectivity index (χ0) is 14.7. The molecule has 4 rings (SSSR count). The van der Waals surface area contributed by atoms with Gasteiger partial charge in [-0.3, -0.25) is 0 Å². The second-order valence-corrected chi connectivity index (χ2v) is 8.94. The van der Waals surface area contributed by atoms with Crippen molar-refractivity contribution in [2.75, 3.05) is 0 Å². The molecule has 4 aliphatic rings. The molecule has 4 aliphatic carbocycles. The summed E-state index contributed by atoms with van der Waals surface area (Å²) >= 11 is 0. The van der Waals surface area contributed by atoms with Gasteiger partial charge >= 0.3 is 0 Å². The van der Waals surface area contributed by atoms with Crippen molar-refractivity contribution >= 4 is 5.71 Å². The van der Waals surface area contributed by atoms with Crippen LogP contribution in [0.3, 0.4) is 0 Å². The van der Waals surface area contributed by atoms with E-state index < -0.39 is 0 Å². The van der Waals surface area contributed by atoms with Crippen molar-refractivity contribution in [3.8, 4) is 0 Å². The quantitative estimate of drug-likeness (QED) is 0.479. The Morgan fingerprint density at radius 3 is 2.62 bits per heavy atom. The summed E-state index contributed by atoms with van der Waals surface area (Å²) in [5.41, 5.74) is 1.96. The number of hydrogen-bond acceptors (Lipinski definition) is 2. The van der Waals surface area contributed by atoms with E-state index in [4.69, 9.17) is 0 Å². The molecule has 0 aliphatic heterocycles. The van der Waals surface area contributed by atoms with E-state index in [9.17, 15) is 5.21 Å². The van der Waals surface area contributed by atoms with Gasteiger partial charge in [0.15, 0.2) is 0 Å². The van der Waals surface area contributed by atoms with Crippen LogP contribution in [0.4, 0.5) is 0 Å². The van der Waals surface area contributed by atoms with Crippen LogP contribution in [0.15, 0.2) is 5.16 Å². The third kappa shape index (κ3) is 1.80. The molecule has 21 heavy (non-hydrogen) atoms. The van der Waals surface area contributed by atoms with Crippen molar-refractivity contribution in [3.05, 3.63) is 0 Å². The van der Waals surface area contributed by atoms with Gasteiger partial charge in [-0.25, -0.2) is 0 Å². The molecule has 1 N–H and O–H groups in total. The summed E-state index contributed by atoms with van der Waals surface area (Å²) in [5.74, 6) is 3.65. The van der Waals surface area contributed by atoms with E-state index in [-0.39, 0.29) is 5.41 Å². The monoisotopic (exact) mass is 289 g/mol. The zero-order valence-electron chi connectivity index (χ0n) is 13.8. The number of nitrogens with zero attached hydrogens (tertiary/aromatic N) is 1. The lowest BCUT2D eigenvalue weighted by Crippen LogP contribution is -2.52. The van der Waals surface area contributed by atoms with E-state index in [1.807, 2.05) is 0 Å². The van der Waals surface area contributed by atoms with Gasteiger partial charge in [-0.15, -0.1) is 0 Å². The average molecular weight is 289 g/mol. The van der Waals surface area contributed by atoms with E-state index in [0.717, 1.165) is 35.8 Å². The van der Waals surface area contributed by atoms with Crippen molar-refractivity contribution in [2.24, 2.45) is 39.7 Å². The maximum absolute atomic E-state index is 9.39. The Balaban J connectivity index is 1.66. The Labute approximate surface area is 129 Å². The molecule has 0 aromatic heterocycles. The van der Waals surface area contributed by atoms with Gasteiger partial charge in [-0.1, -0.05) is 31.8 Å². The van der Waals surface area contributed by atoms with Crippen molar-refractivity contribution in [1.82, 2.24) is 0 Å². The zero-order valence-corrected chi connectivity index (χ0v) is 13.8. The summed E-state index contributed by atoms with van der Waals surface area (Å²) in [4.78, 5) is 0. The van der Waals surface area contributed by atoms with Crippen LogP contribution >= 0.6 is 0 Å². The first-order valence-electron chi connectivity index (χ1n) is 9.31. The normalized spacial score (nSPS) is 54.9. The van der Waals surface area contributed by atoms with Crippen LogP contribution in [0.25, 0.3) is 0 Å². The molecule has 4 fully saturated rings. The smallest absolute Gasteiger partial charge is 0.0632 e. The molecule has 2 nitrogen and oxygen atoms in total. The van der Waals surface area contributed by atoms with Crippen LogP contribution in [-0.2, 0) is 0 Å². The minimum absolute atomic E-state index is 0.216. The maximum Gasteiger partial charge on any atom is 0.0632 e. The lowest BCUT2D eigenvalue weighted by Gasteiger charge is -2.59. The predicted molar refractivity (Wildman–Crippen MR) is 85.6 cm³/mol. The minimum Gasteiger partial charge on any atom is -0.411 e. The van der Waals surface area contributed by atoms with Gasteiger partial charge in [0, 0.05) is 5.41 Å². The van der Waals surface area contributed by atoms with Gasteiger partial charge in [0.05, 0.1) is 5.71 Å². The van der Waals surface area contributed by atoms with Gasteiger partial charge in [0.1, 0.15) is 0 Å². The third-order valence-corrected chi connectivity index (χ3v) is 8.44. The molecule has 2 heteroatoms. The summed E-state index contributed by atoms with van der Waals surface area (Å²) in [6.45, 7) is 5.03. The van der Waals surface area contributed by atoms with Crippen LogP contribution in [-0.4, -0.2) is 10.9 Å². The van der Waals surface area contributed by atoms with Gasteiger partial charge in [0.25, 0.3) is 0 Å². The van der Waals surface area contributed by atoms with Crippen molar-refractivity contribution < 1.29 is 5.21 Å². The highest BCUT2D eigenvalue weighted by Crippen LogP contribution is 2.65. The predicted octanol–water partition coefficient (Wildman–Crippen LogP) is 5.25. The topological polar surface area (TPSA) is 32.6 Å². The molecule has 1 unspecified atom stereocenters. The van der Waals surface area contributed by atoms with E-state index in [0.29, 0.717) is 5.41 Å². The number of fused-ring (bicyclic) bond motifs is 5. The molecule has 0 spiro atoms.